The molecule has 0 aliphatic heterocycles. The highest BCUT2D eigenvalue weighted by atomic mass is 16.5. The summed E-state index contributed by atoms with van der Waals surface area (Å²) in [7, 11) is 1.54. The van der Waals surface area contributed by atoms with E-state index in [2.05, 4.69) is 10.3 Å². The van der Waals surface area contributed by atoms with Gasteiger partial charge in [-0.1, -0.05) is 24.3 Å². The van der Waals surface area contributed by atoms with Crippen LogP contribution in [0, 0.1) is 0 Å². The Bertz CT molecular complexity index is 1390. The Balaban J connectivity index is 1.87. The Kier molecular flexibility index (Phi) is 6.22. The number of fused-ring (bicyclic) bond motifs is 1. The summed E-state index contributed by atoms with van der Waals surface area (Å²) in [5, 5.41) is 3.47. The van der Waals surface area contributed by atoms with Gasteiger partial charge in [-0.3, -0.25) is 9.59 Å². The number of rotatable bonds is 7. The number of pyridine rings is 1. The highest BCUT2D eigenvalue weighted by Gasteiger charge is 2.22. The average Bonchev–Trinajstić information content (AvgIpc) is 2.84. The number of ketones is 1. The molecule has 2 N–H and O–H groups in total. The predicted molar refractivity (Wildman–Crippen MR) is 127 cm³/mol. The smallest absolute Gasteiger partial charge is 0.340 e. The van der Waals surface area contributed by atoms with E-state index in [1.807, 2.05) is 0 Å². The number of aromatic nitrogens is 1. The van der Waals surface area contributed by atoms with E-state index < -0.39 is 17.2 Å². The van der Waals surface area contributed by atoms with Crippen molar-refractivity contribution in [3.63, 3.8) is 0 Å². The number of benzene rings is 3. The highest BCUT2D eigenvalue weighted by Crippen LogP contribution is 2.26. The number of carbonyl (C=O) groups is 2. The summed E-state index contributed by atoms with van der Waals surface area (Å²) in [6, 6.07) is 20.2. The SMILES string of the molecule is CCOC(=O)c1ccccc1Nc1[nH]c2ccccc2c(=O)c1C(=O)c1ccc(OC)cc1. The molecule has 3 aromatic carbocycles. The molecule has 4 rings (SSSR count). The number of H-pyrrole nitrogens is 1. The molecular formula is C26H22N2O5. The molecule has 166 valence electrons. The van der Waals surface area contributed by atoms with Gasteiger partial charge in [-0.15, -0.1) is 0 Å². The summed E-state index contributed by atoms with van der Waals surface area (Å²) in [5.41, 5.74) is 1.11. The number of methoxy groups -OCH3 is 1. The number of nitrogens with one attached hydrogen (secondary N) is 2. The molecule has 0 aliphatic rings. The first-order valence-electron chi connectivity index (χ1n) is 10.4. The Morgan fingerprint density at radius 2 is 1.64 bits per heavy atom. The molecule has 0 amide bonds. The summed E-state index contributed by atoms with van der Waals surface area (Å²) in [5.74, 6) is -0.176. The molecule has 0 saturated carbocycles. The third kappa shape index (κ3) is 4.34. The van der Waals surface area contributed by atoms with E-state index in [9.17, 15) is 14.4 Å². The minimum Gasteiger partial charge on any atom is -0.497 e. The van der Waals surface area contributed by atoms with Gasteiger partial charge in [0.25, 0.3) is 0 Å². The zero-order valence-corrected chi connectivity index (χ0v) is 18.2. The monoisotopic (exact) mass is 442 g/mol. The van der Waals surface area contributed by atoms with E-state index in [1.165, 1.54) is 7.11 Å². The van der Waals surface area contributed by atoms with Crippen molar-refractivity contribution in [3.8, 4) is 5.75 Å². The van der Waals surface area contributed by atoms with Crippen LogP contribution in [0.1, 0.15) is 33.2 Å². The van der Waals surface area contributed by atoms with Gasteiger partial charge in [0.15, 0.2) is 0 Å². The molecule has 0 radical (unpaired) electrons. The van der Waals surface area contributed by atoms with Crippen molar-refractivity contribution < 1.29 is 19.1 Å². The molecule has 1 heterocycles. The lowest BCUT2D eigenvalue weighted by Crippen LogP contribution is -2.20. The van der Waals surface area contributed by atoms with Gasteiger partial charge < -0.3 is 19.8 Å². The van der Waals surface area contributed by atoms with Crippen LogP contribution in [0.2, 0.25) is 0 Å². The van der Waals surface area contributed by atoms with Gasteiger partial charge in [-0.2, -0.15) is 0 Å². The van der Waals surface area contributed by atoms with Crippen molar-refractivity contribution >= 4 is 34.2 Å². The van der Waals surface area contributed by atoms with Crippen LogP contribution in [0.5, 0.6) is 5.75 Å². The van der Waals surface area contributed by atoms with Crippen LogP contribution in [0.4, 0.5) is 11.5 Å². The van der Waals surface area contributed by atoms with Crippen LogP contribution in [0.25, 0.3) is 10.9 Å². The van der Waals surface area contributed by atoms with Crippen LogP contribution < -0.4 is 15.5 Å². The molecule has 0 aliphatic carbocycles. The molecule has 7 nitrogen and oxygen atoms in total. The summed E-state index contributed by atoms with van der Waals surface area (Å²) in [6.07, 6.45) is 0. The zero-order chi connectivity index (χ0) is 23.4. The van der Waals surface area contributed by atoms with Crippen molar-refractivity contribution in [2.75, 3.05) is 19.0 Å². The van der Waals surface area contributed by atoms with Gasteiger partial charge in [0.1, 0.15) is 17.1 Å². The fourth-order valence-corrected chi connectivity index (χ4v) is 3.55. The summed E-state index contributed by atoms with van der Waals surface area (Å²) in [4.78, 5) is 42.4. The zero-order valence-electron chi connectivity index (χ0n) is 18.2. The number of esters is 1. The largest absolute Gasteiger partial charge is 0.497 e. The molecule has 0 unspecified atom stereocenters. The molecule has 0 fully saturated rings. The van der Waals surface area contributed by atoms with Crippen LogP contribution in [-0.4, -0.2) is 30.5 Å². The quantitative estimate of drug-likeness (QED) is 0.318. The lowest BCUT2D eigenvalue weighted by Gasteiger charge is -2.15. The van der Waals surface area contributed by atoms with Crippen molar-refractivity contribution in [1.29, 1.82) is 0 Å². The Morgan fingerprint density at radius 1 is 0.939 bits per heavy atom. The maximum absolute atomic E-state index is 13.5. The van der Waals surface area contributed by atoms with Crippen molar-refractivity contribution in [3.05, 3.63) is 99.7 Å². The third-order valence-electron chi connectivity index (χ3n) is 5.17. The van der Waals surface area contributed by atoms with Crippen molar-refractivity contribution in [2.45, 2.75) is 6.92 Å². The van der Waals surface area contributed by atoms with Crippen LogP contribution in [0.15, 0.2) is 77.6 Å². The third-order valence-corrected chi connectivity index (χ3v) is 5.17. The van der Waals surface area contributed by atoms with E-state index in [0.29, 0.717) is 27.9 Å². The second-order valence-electron chi connectivity index (χ2n) is 7.20. The lowest BCUT2D eigenvalue weighted by molar-refractivity contribution is 0.0527. The normalized spacial score (nSPS) is 10.6. The minimum absolute atomic E-state index is 0.0578. The number of carbonyl (C=O) groups excluding carboxylic acids is 2. The second-order valence-corrected chi connectivity index (χ2v) is 7.20. The predicted octanol–water partition coefficient (Wildman–Crippen LogP) is 4.69. The molecule has 0 atom stereocenters. The van der Waals surface area contributed by atoms with E-state index in [1.54, 1.807) is 79.7 Å². The molecule has 0 bridgehead atoms. The van der Waals surface area contributed by atoms with Crippen molar-refractivity contribution in [2.24, 2.45) is 0 Å². The van der Waals surface area contributed by atoms with Gasteiger partial charge in [-0.05, 0) is 55.5 Å². The first-order chi connectivity index (χ1) is 16.0. The van der Waals surface area contributed by atoms with E-state index in [-0.39, 0.29) is 23.6 Å². The maximum atomic E-state index is 13.5. The molecular weight excluding hydrogens is 420 g/mol. The fraction of sp³-hybridized carbons (Fsp3) is 0.115. The number of ether oxygens (including phenoxy) is 2. The molecule has 4 aromatic rings. The van der Waals surface area contributed by atoms with E-state index >= 15 is 0 Å². The van der Waals surface area contributed by atoms with Crippen LogP contribution in [-0.2, 0) is 4.74 Å². The van der Waals surface area contributed by atoms with Gasteiger partial charge >= 0.3 is 5.97 Å². The topological polar surface area (TPSA) is 97.5 Å². The maximum Gasteiger partial charge on any atom is 0.340 e. The molecule has 1 aromatic heterocycles. The average molecular weight is 442 g/mol. The Hall–Kier alpha value is -4.39. The van der Waals surface area contributed by atoms with E-state index in [4.69, 9.17) is 9.47 Å². The van der Waals surface area contributed by atoms with Gasteiger partial charge in [0.05, 0.1) is 30.5 Å². The molecule has 33 heavy (non-hydrogen) atoms. The number of hydrogen-bond acceptors (Lipinski definition) is 6. The first-order valence-corrected chi connectivity index (χ1v) is 10.4. The van der Waals surface area contributed by atoms with Gasteiger partial charge in [-0.25, -0.2) is 4.79 Å². The first kappa shape index (κ1) is 21.8. The van der Waals surface area contributed by atoms with Crippen LogP contribution in [0.3, 0.4) is 0 Å². The number of anilines is 2. The highest BCUT2D eigenvalue weighted by molar-refractivity contribution is 6.14. The van der Waals surface area contributed by atoms with Crippen molar-refractivity contribution in [1.82, 2.24) is 4.98 Å². The summed E-state index contributed by atoms with van der Waals surface area (Å²) < 4.78 is 10.3. The second kappa shape index (κ2) is 9.40. The lowest BCUT2D eigenvalue weighted by atomic mass is 10.0. The summed E-state index contributed by atoms with van der Waals surface area (Å²) in [6.45, 7) is 1.95. The Labute approximate surface area is 190 Å². The summed E-state index contributed by atoms with van der Waals surface area (Å²) >= 11 is 0. The van der Waals surface area contributed by atoms with E-state index in [0.717, 1.165) is 0 Å². The minimum atomic E-state index is -0.508. The number of para-hydroxylation sites is 2. The molecule has 0 spiro atoms. The van der Waals surface area contributed by atoms with Gasteiger partial charge in [0, 0.05) is 10.9 Å². The van der Waals surface area contributed by atoms with Crippen LogP contribution >= 0.6 is 0 Å². The Morgan fingerprint density at radius 3 is 2.36 bits per heavy atom. The molecule has 0 saturated heterocycles. The fourth-order valence-electron chi connectivity index (χ4n) is 3.55. The number of hydrogen-bond donors (Lipinski definition) is 2. The standard InChI is InChI=1S/C26H22N2O5/c1-3-33-26(31)19-9-5-7-11-21(19)28-25-22(23(29)16-12-14-17(32-2)15-13-16)24(30)18-8-4-6-10-20(18)27-25/h4-15H,3H2,1-2H3,(H2,27,28,30). The molecule has 7 heteroatoms. The number of aromatic amines is 1. The van der Waals surface area contributed by atoms with Gasteiger partial charge in [0.2, 0.25) is 11.2 Å².